The monoisotopic (exact) mass is 233 g/mol. The fourth-order valence-electron chi connectivity index (χ4n) is 1.43. The zero-order valence-electron chi connectivity index (χ0n) is 8.91. The van der Waals surface area contributed by atoms with E-state index in [1.54, 1.807) is 17.8 Å². The normalized spacial score (nSPS) is 10.4. The first-order valence-corrected chi connectivity index (χ1v) is 5.76. The average molecular weight is 233 g/mol. The second kappa shape index (κ2) is 4.58. The van der Waals surface area contributed by atoms with Crippen LogP contribution in [-0.2, 0) is 0 Å². The molecule has 16 heavy (non-hydrogen) atoms. The number of anilines is 1. The summed E-state index contributed by atoms with van der Waals surface area (Å²) in [6, 6.07) is 12.5. The van der Waals surface area contributed by atoms with Crippen LogP contribution in [-0.4, -0.2) is 0 Å². The highest BCUT2D eigenvalue weighted by molar-refractivity contribution is 7.99. The average Bonchev–Trinajstić information content (AvgIpc) is 2.22. The third-order valence-electron chi connectivity index (χ3n) is 2.22. The lowest BCUT2D eigenvalue weighted by Crippen LogP contribution is -1.85. The first-order chi connectivity index (χ1) is 7.65. The quantitative estimate of drug-likeness (QED) is 0.797. The van der Waals surface area contributed by atoms with Gasteiger partial charge in [0, 0.05) is 15.5 Å². The molecule has 0 spiro atoms. The van der Waals surface area contributed by atoms with Crippen molar-refractivity contribution < 1.29 is 4.39 Å². The Kier molecular flexibility index (Phi) is 3.15. The number of hydrogen-bond donors (Lipinski definition) is 1. The molecule has 0 aliphatic rings. The maximum absolute atomic E-state index is 12.9. The van der Waals surface area contributed by atoms with Gasteiger partial charge in [0.05, 0.1) is 0 Å². The fourth-order valence-corrected chi connectivity index (χ4v) is 2.38. The zero-order valence-corrected chi connectivity index (χ0v) is 9.72. The van der Waals surface area contributed by atoms with Crippen LogP contribution in [0, 0.1) is 12.7 Å². The van der Waals surface area contributed by atoms with Crippen LogP contribution in [0.25, 0.3) is 0 Å². The molecule has 1 nitrogen and oxygen atoms in total. The van der Waals surface area contributed by atoms with Crippen molar-refractivity contribution in [3.8, 4) is 0 Å². The molecule has 2 N–H and O–H groups in total. The Bertz CT molecular complexity index is 511. The van der Waals surface area contributed by atoms with Crippen LogP contribution >= 0.6 is 11.8 Å². The Morgan fingerprint density at radius 1 is 1.12 bits per heavy atom. The van der Waals surface area contributed by atoms with Gasteiger partial charge in [0.25, 0.3) is 0 Å². The molecule has 0 saturated carbocycles. The summed E-state index contributed by atoms with van der Waals surface area (Å²) in [7, 11) is 0. The Morgan fingerprint density at radius 2 is 1.94 bits per heavy atom. The van der Waals surface area contributed by atoms with E-state index in [-0.39, 0.29) is 5.82 Å². The molecule has 2 aromatic rings. The molecule has 82 valence electrons. The van der Waals surface area contributed by atoms with E-state index in [1.807, 2.05) is 31.2 Å². The van der Waals surface area contributed by atoms with Crippen molar-refractivity contribution in [3.05, 3.63) is 53.8 Å². The Labute approximate surface area is 98.5 Å². The van der Waals surface area contributed by atoms with Crippen molar-refractivity contribution in [3.63, 3.8) is 0 Å². The lowest BCUT2D eigenvalue weighted by molar-refractivity contribution is 0.625. The van der Waals surface area contributed by atoms with Gasteiger partial charge in [-0.3, -0.25) is 0 Å². The van der Waals surface area contributed by atoms with Gasteiger partial charge in [-0.15, -0.1) is 0 Å². The van der Waals surface area contributed by atoms with E-state index in [4.69, 9.17) is 5.73 Å². The van der Waals surface area contributed by atoms with Crippen molar-refractivity contribution in [2.24, 2.45) is 0 Å². The minimum Gasteiger partial charge on any atom is -0.399 e. The highest BCUT2D eigenvalue weighted by Gasteiger charge is 2.02. The summed E-state index contributed by atoms with van der Waals surface area (Å²) in [4.78, 5) is 2.11. The predicted octanol–water partition coefficient (Wildman–Crippen LogP) is 3.87. The minimum absolute atomic E-state index is 0.200. The molecule has 2 rings (SSSR count). The number of aryl methyl sites for hydroxylation is 1. The van der Waals surface area contributed by atoms with Gasteiger partial charge in [0.2, 0.25) is 0 Å². The molecule has 0 bridgehead atoms. The number of rotatable bonds is 2. The first-order valence-electron chi connectivity index (χ1n) is 4.95. The van der Waals surface area contributed by atoms with E-state index in [9.17, 15) is 4.39 Å². The van der Waals surface area contributed by atoms with E-state index in [1.165, 1.54) is 12.1 Å². The van der Waals surface area contributed by atoms with Gasteiger partial charge in [-0.05, 0) is 48.9 Å². The molecular formula is C13H12FNS. The standard InChI is InChI=1S/C13H12FNS/c1-9-7-10(14)5-6-13(9)16-12-4-2-3-11(15)8-12/h2-8H,15H2,1H3. The Hall–Kier alpha value is -1.48. The van der Waals surface area contributed by atoms with Crippen LogP contribution in [0.2, 0.25) is 0 Å². The summed E-state index contributed by atoms with van der Waals surface area (Å²) in [5.41, 5.74) is 7.38. The number of nitrogens with two attached hydrogens (primary N) is 1. The molecule has 0 aliphatic carbocycles. The molecule has 0 radical (unpaired) electrons. The lowest BCUT2D eigenvalue weighted by Gasteiger charge is -2.06. The molecule has 0 heterocycles. The number of hydrogen-bond acceptors (Lipinski definition) is 2. The molecule has 0 aliphatic heterocycles. The Morgan fingerprint density at radius 3 is 2.62 bits per heavy atom. The van der Waals surface area contributed by atoms with Crippen molar-refractivity contribution in [1.29, 1.82) is 0 Å². The summed E-state index contributed by atoms with van der Waals surface area (Å²) < 4.78 is 12.9. The summed E-state index contributed by atoms with van der Waals surface area (Å²) in [6.45, 7) is 1.90. The summed E-state index contributed by atoms with van der Waals surface area (Å²) in [5.74, 6) is -0.200. The second-order valence-corrected chi connectivity index (χ2v) is 4.70. The SMILES string of the molecule is Cc1cc(F)ccc1Sc1cccc(N)c1. The van der Waals surface area contributed by atoms with Crippen LogP contribution in [0.4, 0.5) is 10.1 Å². The molecule has 0 aromatic heterocycles. The molecular weight excluding hydrogens is 221 g/mol. The fraction of sp³-hybridized carbons (Fsp3) is 0.0769. The molecule has 3 heteroatoms. The minimum atomic E-state index is -0.200. The van der Waals surface area contributed by atoms with Gasteiger partial charge < -0.3 is 5.73 Å². The van der Waals surface area contributed by atoms with E-state index in [2.05, 4.69) is 0 Å². The van der Waals surface area contributed by atoms with Gasteiger partial charge in [-0.1, -0.05) is 17.8 Å². The zero-order chi connectivity index (χ0) is 11.5. The lowest BCUT2D eigenvalue weighted by atomic mass is 10.2. The molecule has 0 saturated heterocycles. The van der Waals surface area contributed by atoms with Crippen molar-refractivity contribution in [2.45, 2.75) is 16.7 Å². The third-order valence-corrected chi connectivity index (χ3v) is 3.39. The smallest absolute Gasteiger partial charge is 0.123 e. The second-order valence-electron chi connectivity index (χ2n) is 3.58. The highest BCUT2D eigenvalue weighted by atomic mass is 32.2. The van der Waals surface area contributed by atoms with E-state index >= 15 is 0 Å². The highest BCUT2D eigenvalue weighted by Crippen LogP contribution is 2.31. The largest absolute Gasteiger partial charge is 0.399 e. The van der Waals surface area contributed by atoms with Gasteiger partial charge in [-0.25, -0.2) is 4.39 Å². The molecule has 0 unspecified atom stereocenters. The summed E-state index contributed by atoms with van der Waals surface area (Å²) in [6.07, 6.45) is 0. The molecule has 0 atom stereocenters. The maximum atomic E-state index is 12.9. The number of halogens is 1. The van der Waals surface area contributed by atoms with Gasteiger partial charge in [-0.2, -0.15) is 0 Å². The van der Waals surface area contributed by atoms with E-state index < -0.39 is 0 Å². The number of benzene rings is 2. The maximum Gasteiger partial charge on any atom is 0.123 e. The van der Waals surface area contributed by atoms with Crippen LogP contribution < -0.4 is 5.73 Å². The van der Waals surface area contributed by atoms with Crippen LogP contribution in [0.5, 0.6) is 0 Å². The van der Waals surface area contributed by atoms with Gasteiger partial charge >= 0.3 is 0 Å². The van der Waals surface area contributed by atoms with Gasteiger partial charge in [0.15, 0.2) is 0 Å². The summed E-state index contributed by atoms with van der Waals surface area (Å²) >= 11 is 1.59. The predicted molar refractivity (Wildman–Crippen MR) is 66.1 cm³/mol. The molecule has 0 fully saturated rings. The summed E-state index contributed by atoms with van der Waals surface area (Å²) in [5, 5.41) is 0. The third kappa shape index (κ3) is 2.55. The van der Waals surface area contributed by atoms with Crippen LogP contribution in [0.15, 0.2) is 52.3 Å². The first kappa shape index (κ1) is 11.0. The topological polar surface area (TPSA) is 26.0 Å². The van der Waals surface area contributed by atoms with Crippen molar-refractivity contribution >= 4 is 17.4 Å². The van der Waals surface area contributed by atoms with Crippen molar-refractivity contribution in [1.82, 2.24) is 0 Å². The molecule has 2 aromatic carbocycles. The van der Waals surface area contributed by atoms with Gasteiger partial charge in [0.1, 0.15) is 5.82 Å². The van der Waals surface area contributed by atoms with Crippen molar-refractivity contribution in [2.75, 3.05) is 5.73 Å². The molecule has 0 amide bonds. The van der Waals surface area contributed by atoms with E-state index in [0.29, 0.717) is 0 Å². The Balaban J connectivity index is 2.27. The van der Waals surface area contributed by atoms with E-state index in [0.717, 1.165) is 21.0 Å². The van der Waals surface area contributed by atoms with Crippen LogP contribution in [0.3, 0.4) is 0 Å². The number of nitrogen functional groups attached to an aromatic ring is 1. The van der Waals surface area contributed by atoms with Crippen LogP contribution in [0.1, 0.15) is 5.56 Å².